The van der Waals surface area contributed by atoms with Gasteiger partial charge in [-0.15, -0.1) is 0 Å². The molecule has 0 atom stereocenters. The largest absolute Gasteiger partial charge is 0.454 e. The Bertz CT molecular complexity index is 729. The van der Waals surface area contributed by atoms with Gasteiger partial charge in [-0.3, -0.25) is 4.79 Å². The normalized spacial score (nSPS) is 12.3. The van der Waals surface area contributed by atoms with Crippen LogP contribution >= 0.6 is 0 Å². The Balaban J connectivity index is 1.66. The molecule has 0 N–H and O–H groups in total. The van der Waals surface area contributed by atoms with Gasteiger partial charge in [0, 0.05) is 5.56 Å². The maximum Gasteiger partial charge on any atom is 0.344 e. The molecule has 1 aromatic carbocycles. The monoisotopic (exact) mass is 303 g/mol. The summed E-state index contributed by atoms with van der Waals surface area (Å²) in [4.78, 5) is 24.0. The van der Waals surface area contributed by atoms with E-state index in [0.717, 1.165) is 0 Å². The number of hydrogen-bond acceptors (Lipinski definition) is 7. The second-order valence-electron chi connectivity index (χ2n) is 4.77. The minimum absolute atomic E-state index is 0.133. The molecule has 2 aromatic rings. The fourth-order valence-electron chi connectivity index (χ4n) is 2.13. The molecule has 0 radical (unpaired) electrons. The van der Waals surface area contributed by atoms with Crippen molar-refractivity contribution in [3.63, 3.8) is 0 Å². The van der Waals surface area contributed by atoms with E-state index in [1.165, 1.54) is 0 Å². The highest BCUT2D eigenvalue weighted by molar-refractivity contribution is 6.00. The second kappa shape index (κ2) is 5.51. The predicted molar refractivity (Wildman–Crippen MR) is 73.2 cm³/mol. The number of aryl methyl sites for hydroxylation is 2. The molecule has 22 heavy (non-hydrogen) atoms. The van der Waals surface area contributed by atoms with Crippen molar-refractivity contribution in [3.8, 4) is 11.5 Å². The van der Waals surface area contributed by atoms with Gasteiger partial charge >= 0.3 is 5.97 Å². The molecule has 114 valence electrons. The van der Waals surface area contributed by atoms with Gasteiger partial charge in [-0.1, -0.05) is 5.16 Å². The zero-order chi connectivity index (χ0) is 15.7. The molecule has 1 aliphatic heterocycles. The number of hydrogen-bond donors (Lipinski definition) is 0. The van der Waals surface area contributed by atoms with Crippen LogP contribution in [0.25, 0.3) is 0 Å². The smallest absolute Gasteiger partial charge is 0.344 e. The maximum absolute atomic E-state index is 12.1. The third-order valence-corrected chi connectivity index (χ3v) is 3.27. The molecule has 0 aliphatic carbocycles. The van der Waals surface area contributed by atoms with Crippen LogP contribution < -0.4 is 9.47 Å². The van der Waals surface area contributed by atoms with Crippen LogP contribution in [0.15, 0.2) is 22.7 Å². The number of Topliss-reactive ketones (excluding diaryl/α,β-unsaturated/α-hetero) is 1. The van der Waals surface area contributed by atoms with E-state index >= 15 is 0 Å². The molecule has 7 nitrogen and oxygen atoms in total. The van der Waals surface area contributed by atoms with Gasteiger partial charge < -0.3 is 18.7 Å². The topological polar surface area (TPSA) is 87.9 Å². The first-order chi connectivity index (χ1) is 10.6. The Morgan fingerprint density at radius 2 is 2.00 bits per heavy atom. The van der Waals surface area contributed by atoms with Gasteiger partial charge in [-0.05, 0) is 32.0 Å². The lowest BCUT2D eigenvalue weighted by molar-refractivity contribution is 0.0472. The summed E-state index contributed by atoms with van der Waals surface area (Å²) >= 11 is 0. The molecule has 0 saturated heterocycles. The summed E-state index contributed by atoms with van der Waals surface area (Å²) in [6.45, 7) is 3.00. The highest BCUT2D eigenvalue weighted by Crippen LogP contribution is 2.32. The lowest BCUT2D eigenvalue weighted by Crippen LogP contribution is -2.15. The molecule has 0 unspecified atom stereocenters. The van der Waals surface area contributed by atoms with Gasteiger partial charge in [-0.2, -0.15) is 0 Å². The number of carbonyl (C=O) groups is 2. The van der Waals surface area contributed by atoms with Crippen molar-refractivity contribution in [2.45, 2.75) is 13.8 Å². The first-order valence-electron chi connectivity index (χ1n) is 6.59. The summed E-state index contributed by atoms with van der Waals surface area (Å²) in [6.07, 6.45) is 0. The summed E-state index contributed by atoms with van der Waals surface area (Å²) in [7, 11) is 0. The van der Waals surface area contributed by atoms with Crippen molar-refractivity contribution in [1.82, 2.24) is 5.16 Å². The molecular weight excluding hydrogens is 290 g/mol. The average Bonchev–Trinajstić information content (AvgIpc) is 3.10. The molecule has 0 fully saturated rings. The Hall–Kier alpha value is -2.83. The van der Waals surface area contributed by atoms with Crippen molar-refractivity contribution in [2.75, 3.05) is 13.4 Å². The van der Waals surface area contributed by atoms with Crippen molar-refractivity contribution >= 4 is 11.8 Å². The van der Waals surface area contributed by atoms with Crippen LogP contribution in [0.2, 0.25) is 0 Å². The van der Waals surface area contributed by atoms with Crippen molar-refractivity contribution in [2.24, 2.45) is 0 Å². The minimum atomic E-state index is -0.634. The number of ketones is 1. The third kappa shape index (κ3) is 2.52. The summed E-state index contributed by atoms with van der Waals surface area (Å²) in [6, 6.07) is 4.81. The van der Waals surface area contributed by atoms with Crippen LogP contribution in [0, 0.1) is 13.8 Å². The van der Waals surface area contributed by atoms with E-state index in [2.05, 4.69) is 5.16 Å². The molecule has 0 bridgehead atoms. The highest BCUT2D eigenvalue weighted by Gasteiger charge is 2.21. The maximum atomic E-state index is 12.1. The Morgan fingerprint density at radius 1 is 1.23 bits per heavy atom. The molecule has 2 heterocycles. The predicted octanol–water partition coefficient (Wildman–Crippen LogP) is 2.06. The number of nitrogens with zero attached hydrogens (tertiary/aromatic N) is 1. The highest BCUT2D eigenvalue weighted by atomic mass is 16.7. The average molecular weight is 303 g/mol. The van der Waals surface area contributed by atoms with Gasteiger partial charge in [0.2, 0.25) is 6.79 Å². The summed E-state index contributed by atoms with van der Waals surface area (Å²) in [5.41, 5.74) is 1.06. The number of esters is 1. The quantitative estimate of drug-likeness (QED) is 0.631. The fourth-order valence-corrected chi connectivity index (χ4v) is 2.13. The van der Waals surface area contributed by atoms with Gasteiger partial charge in [0.25, 0.3) is 0 Å². The summed E-state index contributed by atoms with van der Waals surface area (Å²) in [5.74, 6) is 0.481. The lowest BCUT2D eigenvalue weighted by atomic mass is 10.1. The zero-order valence-electron chi connectivity index (χ0n) is 12.0. The summed E-state index contributed by atoms with van der Waals surface area (Å²) < 4.78 is 20.3. The number of rotatable bonds is 4. The van der Waals surface area contributed by atoms with Crippen LogP contribution in [0.4, 0.5) is 0 Å². The Labute approximate surface area is 125 Å². The molecular formula is C15H13NO6. The van der Waals surface area contributed by atoms with Crippen LogP contribution in [-0.2, 0) is 4.74 Å². The van der Waals surface area contributed by atoms with Crippen molar-refractivity contribution in [1.29, 1.82) is 0 Å². The van der Waals surface area contributed by atoms with E-state index in [1.54, 1.807) is 32.0 Å². The van der Waals surface area contributed by atoms with Crippen molar-refractivity contribution in [3.05, 3.63) is 40.8 Å². The molecule has 0 spiro atoms. The fraction of sp³-hybridized carbons (Fsp3) is 0.267. The number of aromatic nitrogens is 1. The van der Waals surface area contributed by atoms with E-state index in [-0.39, 0.29) is 24.7 Å². The van der Waals surface area contributed by atoms with E-state index in [1.807, 2.05) is 0 Å². The van der Waals surface area contributed by atoms with Crippen LogP contribution in [0.5, 0.6) is 11.5 Å². The Morgan fingerprint density at radius 3 is 2.73 bits per heavy atom. The van der Waals surface area contributed by atoms with E-state index < -0.39 is 5.97 Å². The number of carbonyl (C=O) groups excluding carboxylic acids is 2. The zero-order valence-corrected chi connectivity index (χ0v) is 12.0. The van der Waals surface area contributed by atoms with Gasteiger partial charge in [-0.25, -0.2) is 4.79 Å². The number of benzene rings is 1. The standard InChI is InChI=1S/C15H13NO6/c1-8-14(9(2)22-16-8)15(18)19-6-11(17)10-3-4-12-13(5-10)21-7-20-12/h3-5H,6-7H2,1-2H3. The van der Waals surface area contributed by atoms with Gasteiger partial charge in [0.15, 0.2) is 23.9 Å². The number of fused-ring (bicyclic) bond motifs is 1. The van der Waals surface area contributed by atoms with Crippen molar-refractivity contribution < 1.29 is 28.3 Å². The SMILES string of the molecule is Cc1noc(C)c1C(=O)OCC(=O)c1ccc2c(c1)OCO2. The number of ether oxygens (including phenoxy) is 3. The molecule has 7 heteroatoms. The van der Waals surface area contributed by atoms with Gasteiger partial charge in [0.05, 0.1) is 5.69 Å². The van der Waals surface area contributed by atoms with E-state index in [0.29, 0.717) is 28.5 Å². The third-order valence-electron chi connectivity index (χ3n) is 3.27. The molecule has 0 amide bonds. The van der Waals surface area contributed by atoms with E-state index in [9.17, 15) is 9.59 Å². The minimum Gasteiger partial charge on any atom is -0.454 e. The summed E-state index contributed by atoms with van der Waals surface area (Å²) in [5, 5.41) is 3.67. The van der Waals surface area contributed by atoms with E-state index in [4.69, 9.17) is 18.7 Å². The van der Waals surface area contributed by atoms with Crippen LogP contribution in [-0.4, -0.2) is 30.3 Å². The molecule has 0 saturated carbocycles. The van der Waals surface area contributed by atoms with Crippen LogP contribution in [0.3, 0.4) is 0 Å². The second-order valence-corrected chi connectivity index (χ2v) is 4.77. The van der Waals surface area contributed by atoms with Crippen LogP contribution in [0.1, 0.15) is 32.2 Å². The Kier molecular flexibility index (Phi) is 3.54. The lowest BCUT2D eigenvalue weighted by Gasteiger charge is -2.05. The molecule has 1 aromatic heterocycles. The first kappa shape index (κ1) is 14.1. The van der Waals surface area contributed by atoms with Gasteiger partial charge in [0.1, 0.15) is 11.3 Å². The molecule has 3 rings (SSSR count). The first-order valence-corrected chi connectivity index (χ1v) is 6.59. The molecule has 1 aliphatic rings.